The van der Waals surface area contributed by atoms with E-state index in [-0.39, 0.29) is 0 Å². The molecule has 0 saturated heterocycles. The predicted octanol–water partition coefficient (Wildman–Crippen LogP) is 2.70. The van der Waals surface area contributed by atoms with Gasteiger partial charge in [-0.1, -0.05) is 25.1 Å². The highest BCUT2D eigenvalue weighted by Gasteiger charge is 2.04. The average molecular weight is 257 g/mol. The fraction of sp³-hybridized carbons (Fsp3) is 0.438. The van der Waals surface area contributed by atoms with Crippen molar-refractivity contribution < 1.29 is 0 Å². The van der Waals surface area contributed by atoms with Crippen LogP contribution in [0.2, 0.25) is 0 Å². The van der Waals surface area contributed by atoms with Crippen molar-refractivity contribution in [1.82, 2.24) is 14.9 Å². The van der Waals surface area contributed by atoms with Gasteiger partial charge in [0.1, 0.15) is 0 Å². The van der Waals surface area contributed by atoms with E-state index in [1.54, 1.807) is 0 Å². The van der Waals surface area contributed by atoms with Crippen LogP contribution in [-0.2, 0) is 13.0 Å². The summed E-state index contributed by atoms with van der Waals surface area (Å²) in [5.74, 6) is 0. The maximum absolute atomic E-state index is 4.47. The highest BCUT2D eigenvalue weighted by molar-refractivity contribution is 5.33. The number of rotatable bonds is 6. The second-order valence-electron chi connectivity index (χ2n) is 5.01. The molecular formula is C16H23N3. The van der Waals surface area contributed by atoms with E-state index < -0.39 is 0 Å². The first-order valence-electron chi connectivity index (χ1n) is 6.97. The molecular weight excluding hydrogens is 234 g/mol. The van der Waals surface area contributed by atoms with Crippen molar-refractivity contribution in [2.45, 2.75) is 33.7 Å². The van der Waals surface area contributed by atoms with Gasteiger partial charge in [0.25, 0.3) is 0 Å². The van der Waals surface area contributed by atoms with Gasteiger partial charge in [-0.2, -0.15) is 0 Å². The van der Waals surface area contributed by atoms with Crippen LogP contribution < -0.4 is 5.32 Å². The molecule has 2 rings (SSSR count). The Morgan fingerprint density at radius 1 is 1.21 bits per heavy atom. The number of hydrogen-bond donors (Lipinski definition) is 1. The number of likely N-dealkylation sites (N-methyl/N-ethyl adjacent to an activating group) is 1. The number of nitrogens with one attached hydrogen (secondary N) is 1. The van der Waals surface area contributed by atoms with Crippen molar-refractivity contribution in [3.05, 3.63) is 53.1 Å². The molecule has 0 unspecified atom stereocenters. The van der Waals surface area contributed by atoms with Crippen LogP contribution in [0.3, 0.4) is 0 Å². The van der Waals surface area contributed by atoms with E-state index in [1.165, 1.54) is 16.7 Å². The van der Waals surface area contributed by atoms with Gasteiger partial charge in [0.2, 0.25) is 0 Å². The first-order chi connectivity index (χ1) is 9.20. The summed E-state index contributed by atoms with van der Waals surface area (Å²) < 4.78 is 2.18. The summed E-state index contributed by atoms with van der Waals surface area (Å²) >= 11 is 0. The van der Waals surface area contributed by atoms with Gasteiger partial charge in [-0.15, -0.1) is 0 Å². The summed E-state index contributed by atoms with van der Waals surface area (Å²) in [7, 11) is 0. The minimum absolute atomic E-state index is 0.909. The molecule has 0 saturated carbocycles. The van der Waals surface area contributed by atoms with E-state index in [1.807, 2.05) is 6.33 Å². The van der Waals surface area contributed by atoms with Crippen LogP contribution in [0.25, 0.3) is 0 Å². The molecule has 0 bridgehead atoms. The minimum atomic E-state index is 0.909. The molecule has 1 aromatic heterocycles. The molecule has 0 fully saturated rings. The third kappa shape index (κ3) is 3.67. The van der Waals surface area contributed by atoms with E-state index >= 15 is 0 Å². The summed E-state index contributed by atoms with van der Waals surface area (Å²) in [5.41, 5.74) is 5.26. The maximum atomic E-state index is 4.47. The number of nitrogens with zero attached hydrogens (tertiary/aromatic N) is 2. The maximum Gasteiger partial charge on any atom is 0.0952 e. The quantitative estimate of drug-likeness (QED) is 0.806. The molecule has 1 aromatic carbocycles. The third-order valence-electron chi connectivity index (χ3n) is 3.48. The molecule has 0 radical (unpaired) electrons. The molecule has 0 spiro atoms. The molecule has 1 heterocycles. The fourth-order valence-electron chi connectivity index (χ4n) is 2.30. The van der Waals surface area contributed by atoms with E-state index in [2.05, 4.69) is 60.0 Å². The van der Waals surface area contributed by atoms with Crippen LogP contribution in [0.5, 0.6) is 0 Å². The zero-order valence-electron chi connectivity index (χ0n) is 12.1. The Hall–Kier alpha value is -1.61. The van der Waals surface area contributed by atoms with Crippen LogP contribution in [0.15, 0.2) is 30.7 Å². The first kappa shape index (κ1) is 13.8. The number of aryl methyl sites for hydroxylation is 2. The van der Waals surface area contributed by atoms with Crippen molar-refractivity contribution in [3.8, 4) is 0 Å². The molecule has 0 atom stereocenters. The molecule has 3 heteroatoms. The molecule has 2 aromatic rings. The lowest BCUT2D eigenvalue weighted by Gasteiger charge is -2.09. The largest absolute Gasteiger partial charge is 0.333 e. The highest BCUT2D eigenvalue weighted by atomic mass is 15.0. The number of imidazole rings is 1. The van der Waals surface area contributed by atoms with Gasteiger partial charge in [-0.05, 0) is 37.1 Å². The zero-order chi connectivity index (χ0) is 13.7. The van der Waals surface area contributed by atoms with Gasteiger partial charge in [0, 0.05) is 25.7 Å². The lowest BCUT2D eigenvalue weighted by atomic mass is 10.0. The Balaban J connectivity index is 2.03. The molecule has 3 nitrogen and oxygen atoms in total. The normalized spacial score (nSPS) is 10.9. The lowest BCUT2D eigenvalue weighted by molar-refractivity contribution is 0.708. The molecule has 1 N–H and O–H groups in total. The van der Waals surface area contributed by atoms with E-state index in [4.69, 9.17) is 0 Å². The Morgan fingerprint density at radius 2 is 1.95 bits per heavy atom. The minimum Gasteiger partial charge on any atom is -0.333 e. The summed E-state index contributed by atoms with van der Waals surface area (Å²) in [4.78, 5) is 4.47. The summed E-state index contributed by atoms with van der Waals surface area (Å²) in [6, 6.07) is 6.46. The Kier molecular flexibility index (Phi) is 4.74. The second-order valence-corrected chi connectivity index (χ2v) is 5.01. The van der Waals surface area contributed by atoms with Gasteiger partial charge >= 0.3 is 0 Å². The third-order valence-corrected chi connectivity index (χ3v) is 3.48. The first-order valence-corrected chi connectivity index (χ1v) is 6.97. The second kappa shape index (κ2) is 6.53. The fourth-order valence-corrected chi connectivity index (χ4v) is 2.30. The average Bonchev–Trinajstić information content (AvgIpc) is 2.82. The smallest absolute Gasteiger partial charge is 0.0952 e. The zero-order valence-corrected chi connectivity index (χ0v) is 12.1. The number of hydrogen-bond acceptors (Lipinski definition) is 2. The molecule has 0 aliphatic heterocycles. The van der Waals surface area contributed by atoms with Gasteiger partial charge in [0.15, 0.2) is 0 Å². The number of benzene rings is 1. The standard InChI is InChI=1S/C16H23N3/c1-4-17-9-8-15-10-19(12-18-15)11-16-13(2)6-5-7-14(16)3/h5-7,10,12,17H,4,8-9,11H2,1-3H3. The highest BCUT2D eigenvalue weighted by Crippen LogP contribution is 2.15. The van der Waals surface area contributed by atoms with E-state index in [0.717, 1.165) is 31.7 Å². The van der Waals surface area contributed by atoms with Crippen LogP contribution in [-0.4, -0.2) is 22.6 Å². The van der Waals surface area contributed by atoms with Crippen LogP contribution in [0, 0.1) is 13.8 Å². The molecule has 0 aliphatic carbocycles. The monoisotopic (exact) mass is 257 g/mol. The van der Waals surface area contributed by atoms with Gasteiger partial charge < -0.3 is 9.88 Å². The van der Waals surface area contributed by atoms with Gasteiger partial charge in [-0.25, -0.2) is 4.98 Å². The molecule has 102 valence electrons. The van der Waals surface area contributed by atoms with Gasteiger partial charge in [-0.3, -0.25) is 0 Å². The SMILES string of the molecule is CCNCCc1cn(Cc2c(C)cccc2C)cn1. The predicted molar refractivity (Wildman–Crippen MR) is 79.5 cm³/mol. The van der Waals surface area contributed by atoms with Crippen molar-refractivity contribution in [2.24, 2.45) is 0 Å². The molecule has 0 amide bonds. The molecule has 0 aliphatic rings. The molecule has 19 heavy (non-hydrogen) atoms. The Labute approximate surface area is 115 Å². The Morgan fingerprint density at radius 3 is 2.63 bits per heavy atom. The van der Waals surface area contributed by atoms with E-state index in [9.17, 15) is 0 Å². The summed E-state index contributed by atoms with van der Waals surface area (Å²) in [6.45, 7) is 9.39. The van der Waals surface area contributed by atoms with Crippen molar-refractivity contribution >= 4 is 0 Å². The Bertz CT molecular complexity index is 508. The van der Waals surface area contributed by atoms with Crippen molar-refractivity contribution in [2.75, 3.05) is 13.1 Å². The van der Waals surface area contributed by atoms with Gasteiger partial charge in [0.05, 0.1) is 12.0 Å². The van der Waals surface area contributed by atoms with E-state index in [0.29, 0.717) is 0 Å². The topological polar surface area (TPSA) is 29.9 Å². The number of aromatic nitrogens is 2. The summed E-state index contributed by atoms with van der Waals surface area (Å²) in [6.07, 6.45) is 5.09. The van der Waals surface area contributed by atoms with Crippen LogP contribution >= 0.6 is 0 Å². The summed E-state index contributed by atoms with van der Waals surface area (Å²) in [5, 5.41) is 3.32. The van der Waals surface area contributed by atoms with Crippen LogP contribution in [0.1, 0.15) is 29.3 Å². The van der Waals surface area contributed by atoms with Crippen molar-refractivity contribution in [1.29, 1.82) is 0 Å². The van der Waals surface area contributed by atoms with Crippen molar-refractivity contribution in [3.63, 3.8) is 0 Å². The van der Waals surface area contributed by atoms with Crippen LogP contribution in [0.4, 0.5) is 0 Å². The lowest BCUT2D eigenvalue weighted by Crippen LogP contribution is -2.16.